The van der Waals surface area contributed by atoms with Crippen molar-refractivity contribution in [3.8, 4) is 0 Å². The molecule has 1 saturated carbocycles. The molecule has 94 valence electrons. The first kappa shape index (κ1) is 13.5. The molecule has 0 aromatic heterocycles. The van der Waals surface area contributed by atoms with E-state index in [-0.39, 0.29) is 11.3 Å². The second-order valence-corrected chi connectivity index (χ2v) is 5.83. The molecule has 2 N–H and O–H groups in total. The van der Waals surface area contributed by atoms with Crippen molar-refractivity contribution in [2.24, 2.45) is 5.41 Å². The smallest absolute Gasteiger partial charge is 0.233 e. The van der Waals surface area contributed by atoms with Crippen LogP contribution in [0.15, 0.2) is 0 Å². The Labute approximate surface area is 98.8 Å². The maximum absolute atomic E-state index is 11.5. The van der Waals surface area contributed by atoms with E-state index in [0.717, 1.165) is 13.1 Å². The fourth-order valence-corrected chi connectivity index (χ4v) is 1.84. The quantitative estimate of drug-likeness (QED) is 0.663. The number of hydrogen-bond donors (Lipinski definition) is 2. The van der Waals surface area contributed by atoms with Gasteiger partial charge in [-0.3, -0.25) is 4.79 Å². The van der Waals surface area contributed by atoms with E-state index in [4.69, 9.17) is 0 Å². The third kappa shape index (κ3) is 6.08. The van der Waals surface area contributed by atoms with E-state index in [2.05, 4.69) is 43.5 Å². The summed E-state index contributed by atoms with van der Waals surface area (Å²) in [6, 6.07) is 0.598. The highest BCUT2D eigenvalue weighted by Gasteiger charge is 2.22. The number of carbonyl (C=O) groups excluding carboxylic acids is 1. The normalized spacial score (nSPS) is 16.6. The first-order chi connectivity index (χ1) is 7.39. The molecule has 0 atom stereocenters. The minimum absolute atomic E-state index is 0.110. The summed E-state index contributed by atoms with van der Waals surface area (Å²) < 4.78 is 0. The van der Waals surface area contributed by atoms with Gasteiger partial charge in [0.15, 0.2) is 0 Å². The van der Waals surface area contributed by atoms with E-state index < -0.39 is 0 Å². The molecule has 1 aliphatic carbocycles. The Bertz CT molecular complexity index is 234. The van der Waals surface area contributed by atoms with Gasteiger partial charge in [-0.15, -0.1) is 0 Å². The SMILES string of the molecule is CN(C)CC(C)(C)CNC(=O)CNC1CC1. The maximum atomic E-state index is 11.5. The molecule has 1 fully saturated rings. The third-order valence-electron chi connectivity index (χ3n) is 2.64. The lowest BCUT2D eigenvalue weighted by Crippen LogP contribution is -2.43. The third-order valence-corrected chi connectivity index (χ3v) is 2.64. The van der Waals surface area contributed by atoms with E-state index >= 15 is 0 Å². The van der Waals surface area contributed by atoms with Crippen molar-refractivity contribution >= 4 is 5.91 Å². The second-order valence-electron chi connectivity index (χ2n) is 5.83. The Morgan fingerprint density at radius 1 is 1.38 bits per heavy atom. The van der Waals surface area contributed by atoms with Crippen LogP contribution >= 0.6 is 0 Å². The van der Waals surface area contributed by atoms with Crippen LogP contribution in [0.25, 0.3) is 0 Å². The average molecular weight is 227 g/mol. The molecule has 0 saturated heterocycles. The zero-order valence-corrected chi connectivity index (χ0v) is 11.0. The molecule has 4 nitrogen and oxygen atoms in total. The summed E-state index contributed by atoms with van der Waals surface area (Å²) in [7, 11) is 4.11. The van der Waals surface area contributed by atoms with Crippen molar-refractivity contribution in [2.45, 2.75) is 32.7 Å². The van der Waals surface area contributed by atoms with Gasteiger partial charge in [-0.1, -0.05) is 13.8 Å². The predicted octanol–water partition coefficient (Wildman–Crippen LogP) is 0.442. The number of amides is 1. The van der Waals surface area contributed by atoms with Gasteiger partial charge in [0, 0.05) is 19.1 Å². The van der Waals surface area contributed by atoms with Gasteiger partial charge >= 0.3 is 0 Å². The van der Waals surface area contributed by atoms with Crippen LogP contribution in [0, 0.1) is 5.41 Å². The molecule has 0 aliphatic heterocycles. The summed E-state index contributed by atoms with van der Waals surface area (Å²) in [5, 5.41) is 6.19. The number of nitrogens with zero attached hydrogens (tertiary/aromatic N) is 1. The van der Waals surface area contributed by atoms with Crippen molar-refractivity contribution in [3.05, 3.63) is 0 Å². The van der Waals surface area contributed by atoms with Crippen LogP contribution in [0.3, 0.4) is 0 Å². The summed E-state index contributed by atoms with van der Waals surface area (Å²) in [5.41, 5.74) is 0.124. The Kier molecular flexibility index (Phi) is 4.74. The van der Waals surface area contributed by atoms with Gasteiger partial charge in [-0.2, -0.15) is 0 Å². The van der Waals surface area contributed by atoms with Crippen LogP contribution in [0.1, 0.15) is 26.7 Å². The number of nitrogens with one attached hydrogen (secondary N) is 2. The van der Waals surface area contributed by atoms with Gasteiger partial charge in [-0.25, -0.2) is 0 Å². The average Bonchev–Trinajstić information content (AvgIpc) is 2.93. The molecule has 1 amide bonds. The van der Waals surface area contributed by atoms with E-state index in [0.29, 0.717) is 12.6 Å². The summed E-state index contributed by atoms with van der Waals surface area (Å²) >= 11 is 0. The molecule has 0 bridgehead atoms. The molecule has 0 radical (unpaired) electrons. The number of carbonyl (C=O) groups is 1. The van der Waals surface area contributed by atoms with Crippen molar-refractivity contribution < 1.29 is 4.79 Å². The van der Waals surface area contributed by atoms with Gasteiger partial charge in [0.25, 0.3) is 0 Å². The Morgan fingerprint density at radius 3 is 2.50 bits per heavy atom. The highest BCUT2D eigenvalue weighted by atomic mass is 16.1. The summed E-state index contributed by atoms with van der Waals surface area (Å²) in [4.78, 5) is 13.7. The highest BCUT2D eigenvalue weighted by molar-refractivity contribution is 5.78. The van der Waals surface area contributed by atoms with Gasteiger partial charge in [-0.05, 0) is 32.4 Å². The lowest BCUT2D eigenvalue weighted by Gasteiger charge is -2.28. The van der Waals surface area contributed by atoms with E-state index in [1.807, 2.05) is 0 Å². The fourth-order valence-electron chi connectivity index (χ4n) is 1.84. The monoisotopic (exact) mass is 227 g/mol. The van der Waals surface area contributed by atoms with Crippen LogP contribution in [-0.2, 0) is 4.79 Å². The maximum Gasteiger partial charge on any atom is 0.233 e. The largest absolute Gasteiger partial charge is 0.354 e. The molecule has 0 aromatic rings. The Morgan fingerprint density at radius 2 is 2.00 bits per heavy atom. The van der Waals surface area contributed by atoms with Crippen LogP contribution in [0.4, 0.5) is 0 Å². The van der Waals surface area contributed by atoms with Crippen molar-refractivity contribution in [1.29, 1.82) is 0 Å². The topological polar surface area (TPSA) is 44.4 Å². The molecule has 16 heavy (non-hydrogen) atoms. The second kappa shape index (κ2) is 5.64. The molecular formula is C12H25N3O. The summed E-state index contributed by atoms with van der Waals surface area (Å²) in [6.07, 6.45) is 2.44. The van der Waals surface area contributed by atoms with Crippen molar-refractivity contribution in [3.63, 3.8) is 0 Å². The van der Waals surface area contributed by atoms with Gasteiger partial charge in [0.1, 0.15) is 0 Å². The molecule has 0 spiro atoms. The molecule has 0 aromatic carbocycles. The predicted molar refractivity (Wildman–Crippen MR) is 66.4 cm³/mol. The number of rotatable bonds is 7. The Balaban J connectivity index is 2.13. The molecule has 0 heterocycles. The van der Waals surface area contributed by atoms with Gasteiger partial charge in [0.05, 0.1) is 6.54 Å². The van der Waals surface area contributed by atoms with Gasteiger partial charge in [0.2, 0.25) is 5.91 Å². The van der Waals surface area contributed by atoms with Crippen molar-refractivity contribution in [1.82, 2.24) is 15.5 Å². The summed E-state index contributed by atoms with van der Waals surface area (Å²) in [5.74, 6) is 0.110. The van der Waals surface area contributed by atoms with E-state index in [1.54, 1.807) is 0 Å². The first-order valence-electron chi connectivity index (χ1n) is 6.04. The first-order valence-corrected chi connectivity index (χ1v) is 6.04. The molecular weight excluding hydrogens is 202 g/mol. The van der Waals surface area contributed by atoms with Crippen LogP contribution < -0.4 is 10.6 Å². The fraction of sp³-hybridized carbons (Fsp3) is 0.917. The minimum Gasteiger partial charge on any atom is -0.354 e. The molecule has 1 rings (SSSR count). The van der Waals surface area contributed by atoms with Crippen LogP contribution in [0.5, 0.6) is 0 Å². The van der Waals surface area contributed by atoms with Gasteiger partial charge < -0.3 is 15.5 Å². The minimum atomic E-state index is 0.110. The zero-order chi connectivity index (χ0) is 12.2. The highest BCUT2D eigenvalue weighted by Crippen LogP contribution is 2.18. The Hall–Kier alpha value is -0.610. The zero-order valence-electron chi connectivity index (χ0n) is 11.0. The van der Waals surface area contributed by atoms with E-state index in [9.17, 15) is 4.79 Å². The van der Waals surface area contributed by atoms with E-state index in [1.165, 1.54) is 12.8 Å². The van der Waals surface area contributed by atoms with Crippen molar-refractivity contribution in [2.75, 3.05) is 33.7 Å². The number of hydrogen-bond acceptors (Lipinski definition) is 3. The molecule has 4 heteroatoms. The molecule has 0 unspecified atom stereocenters. The standard InChI is InChI=1S/C12H25N3O/c1-12(2,9-15(3)4)8-14-11(16)7-13-10-5-6-10/h10,13H,5-9H2,1-4H3,(H,14,16). The van der Waals surface area contributed by atoms with Crippen LogP contribution in [-0.4, -0.2) is 50.6 Å². The lowest BCUT2D eigenvalue weighted by molar-refractivity contribution is -0.120. The summed E-state index contributed by atoms with van der Waals surface area (Å²) in [6.45, 7) is 6.51. The van der Waals surface area contributed by atoms with Crippen LogP contribution in [0.2, 0.25) is 0 Å². The lowest BCUT2D eigenvalue weighted by atomic mass is 9.93. The molecule has 1 aliphatic rings.